The normalized spacial score (nSPS) is 18.0. The van der Waals surface area contributed by atoms with Gasteiger partial charge in [-0.05, 0) is 18.9 Å². The van der Waals surface area contributed by atoms with Gasteiger partial charge in [0.1, 0.15) is 0 Å². The van der Waals surface area contributed by atoms with Gasteiger partial charge < -0.3 is 9.42 Å². The van der Waals surface area contributed by atoms with Crippen molar-refractivity contribution in [2.24, 2.45) is 0 Å². The molecule has 1 amide bonds. The highest BCUT2D eigenvalue weighted by atomic mass is 16.5. The van der Waals surface area contributed by atoms with Gasteiger partial charge in [-0.25, -0.2) is 0 Å². The molecule has 0 N–H and O–H groups in total. The quantitative estimate of drug-likeness (QED) is 0.814. The Morgan fingerprint density at radius 1 is 1.48 bits per heavy atom. The molecule has 0 saturated carbocycles. The predicted molar refractivity (Wildman–Crippen MR) is 83.7 cm³/mol. The number of carbonyl (C=O) groups excluding carboxylic acids is 1. The van der Waals surface area contributed by atoms with Gasteiger partial charge in [0.15, 0.2) is 5.82 Å². The van der Waals surface area contributed by atoms with Crippen LogP contribution in [0.3, 0.4) is 0 Å². The van der Waals surface area contributed by atoms with Crippen LogP contribution in [0, 0.1) is 0 Å². The summed E-state index contributed by atoms with van der Waals surface area (Å²) >= 11 is 0. The van der Waals surface area contributed by atoms with Crippen molar-refractivity contribution in [2.75, 3.05) is 6.54 Å². The van der Waals surface area contributed by atoms with Crippen molar-refractivity contribution < 1.29 is 9.32 Å². The first-order valence-electron chi connectivity index (χ1n) is 8.23. The third-order valence-electron chi connectivity index (χ3n) is 4.21. The molecule has 0 bridgehead atoms. The molecule has 1 aliphatic rings. The molecule has 2 aromatic heterocycles. The molecule has 1 saturated heterocycles. The average Bonchev–Trinajstić information content (AvgIpc) is 3.27. The molecule has 0 aromatic carbocycles. The number of hydrogen-bond donors (Lipinski definition) is 0. The van der Waals surface area contributed by atoms with E-state index in [4.69, 9.17) is 4.52 Å². The lowest BCUT2D eigenvalue weighted by Gasteiger charge is -2.24. The molecule has 0 radical (unpaired) electrons. The Morgan fingerprint density at radius 2 is 2.35 bits per heavy atom. The minimum Gasteiger partial charge on any atom is -0.339 e. The fourth-order valence-corrected chi connectivity index (χ4v) is 2.94. The van der Waals surface area contributed by atoms with Gasteiger partial charge in [0, 0.05) is 37.7 Å². The standard InChI is InChI=1S/C16H23N5O2/c1-12(2)16-18-14(23-19-16)6-7-15(22)21-10-3-5-13(21)11-20-9-4-8-17-20/h4,8-9,12-13H,3,5-7,10-11H2,1-2H3/t13-/m1/s1. The van der Waals surface area contributed by atoms with Crippen molar-refractivity contribution >= 4 is 5.91 Å². The Balaban J connectivity index is 1.54. The molecule has 0 aliphatic carbocycles. The molecule has 3 heterocycles. The lowest BCUT2D eigenvalue weighted by Crippen LogP contribution is -2.38. The third kappa shape index (κ3) is 3.78. The van der Waals surface area contributed by atoms with Crippen LogP contribution in [0.5, 0.6) is 0 Å². The van der Waals surface area contributed by atoms with E-state index in [-0.39, 0.29) is 17.9 Å². The van der Waals surface area contributed by atoms with Crippen LogP contribution in [0.15, 0.2) is 23.0 Å². The molecule has 0 spiro atoms. The smallest absolute Gasteiger partial charge is 0.227 e. The number of rotatable bonds is 6. The Hall–Kier alpha value is -2.18. The summed E-state index contributed by atoms with van der Waals surface area (Å²) in [4.78, 5) is 18.8. The van der Waals surface area contributed by atoms with Gasteiger partial charge in [-0.1, -0.05) is 19.0 Å². The summed E-state index contributed by atoms with van der Waals surface area (Å²) in [6.45, 7) is 5.62. The molecule has 2 aromatic rings. The molecule has 7 heteroatoms. The van der Waals surface area contributed by atoms with Crippen LogP contribution in [0.2, 0.25) is 0 Å². The fourth-order valence-electron chi connectivity index (χ4n) is 2.94. The summed E-state index contributed by atoms with van der Waals surface area (Å²) in [6, 6.07) is 2.14. The van der Waals surface area contributed by atoms with Crippen molar-refractivity contribution in [3.63, 3.8) is 0 Å². The van der Waals surface area contributed by atoms with E-state index in [0.29, 0.717) is 24.6 Å². The van der Waals surface area contributed by atoms with Crippen LogP contribution in [0.4, 0.5) is 0 Å². The first-order chi connectivity index (χ1) is 11.1. The monoisotopic (exact) mass is 317 g/mol. The highest BCUT2D eigenvalue weighted by molar-refractivity contribution is 5.77. The fraction of sp³-hybridized carbons (Fsp3) is 0.625. The zero-order chi connectivity index (χ0) is 16.2. The number of likely N-dealkylation sites (tertiary alicyclic amines) is 1. The van der Waals surface area contributed by atoms with Gasteiger partial charge >= 0.3 is 0 Å². The van der Waals surface area contributed by atoms with Crippen LogP contribution < -0.4 is 0 Å². The van der Waals surface area contributed by atoms with Crippen molar-refractivity contribution in [3.05, 3.63) is 30.2 Å². The summed E-state index contributed by atoms with van der Waals surface area (Å²) in [7, 11) is 0. The van der Waals surface area contributed by atoms with Crippen LogP contribution in [-0.2, 0) is 17.8 Å². The number of aromatic nitrogens is 4. The molecule has 1 fully saturated rings. The Bertz CT molecular complexity index is 635. The van der Waals surface area contributed by atoms with Crippen molar-refractivity contribution in [1.29, 1.82) is 0 Å². The number of nitrogens with zero attached hydrogens (tertiary/aromatic N) is 5. The van der Waals surface area contributed by atoms with Crippen LogP contribution in [0.25, 0.3) is 0 Å². The zero-order valence-electron chi connectivity index (χ0n) is 13.7. The maximum Gasteiger partial charge on any atom is 0.227 e. The van der Waals surface area contributed by atoms with Gasteiger partial charge in [-0.15, -0.1) is 0 Å². The van der Waals surface area contributed by atoms with E-state index in [1.165, 1.54) is 0 Å². The number of amides is 1. The number of aryl methyl sites for hydroxylation is 1. The Kier molecular flexibility index (Phi) is 4.73. The van der Waals surface area contributed by atoms with Crippen molar-refractivity contribution in [2.45, 2.75) is 58.0 Å². The van der Waals surface area contributed by atoms with E-state index in [1.807, 2.05) is 35.7 Å². The summed E-state index contributed by atoms with van der Waals surface area (Å²) in [5.74, 6) is 1.64. The Morgan fingerprint density at radius 3 is 3.04 bits per heavy atom. The number of hydrogen-bond acceptors (Lipinski definition) is 5. The molecular weight excluding hydrogens is 294 g/mol. The van der Waals surface area contributed by atoms with E-state index >= 15 is 0 Å². The van der Waals surface area contributed by atoms with E-state index in [2.05, 4.69) is 15.2 Å². The summed E-state index contributed by atoms with van der Waals surface area (Å²) in [6.07, 6.45) is 6.70. The van der Waals surface area contributed by atoms with Gasteiger partial charge in [-0.2, -0.15) is 10.1 Å². The largest absolute Gasteiger partial charge is 0.339 e. The van der Waals surface area contributed by atoms with Crippen LogP contribution in [-0.4, -0.2) is 43.3 Å². The van der Waals surface area contributed by atoms with Crippen molar-refractivity contribution in [3.8, 4) is 0 Å². The van der Waals surface area contributed by atoms with Crippen LogP contribution >= 0.6 is 0 Å². The van der Waals surface area contributed by atoms with Gasteiger partial charge in [0.05, 0.1) is 12.6 Å². The molecular formula is C16H23N5O2. The lowest BCUT2D eigenvalue weighted by atomic mass is 10.2. The SMILES string of the molecule is CC(C)c1noc(CCC(=O)N2CCC[C@@H]2Cn2cccn2)n1. The Labute approximate surface area is 135 Å². The highest BCUT2D eigenvalue weighted by Crippen LogP contribution is 2.20. The predicted octanol–water partition coefficient (Wildman–Crippen LogP) is 2.01. The van der Waals surface area contributed by atoms with Gasteiger partial charge in [0.25, 0.3) is 0 Å². The second-order valence-electron chi connectivity index (χ2n) is 6.31. The van der Waals surface area contributed by atoms with Crippen molar-refractivity contribution in [1.82, 2.24) is 24.8 Å². The second kappa shape index (κ2) is 6.93. The van der Waals surface area contributed by atoms with E-state index < -0.39 is 0 Å². The topological polar surface area (TPSA) is 77.0 Å². The summed E-state index contributed by atoms with van der Waals surface area (Å²) in [5, 5.41) is 8.17. The maximum atomic E-state index is 12.5. The molecule has 7 nitrogen and oxygen atoms in total. The zero-order valence-corrected chi connectivity index (χ0v) is 13.7. The first-order valence-corrected chi connectivity index (χ1v) is 8.23. The van der Waals surface area contributed by atoms with E-state index in [0.717, 1.165) is 25.9 Å². The molecule has 23 heavy (non-hydrogen) atoms. The number of carbonyl (C=O) groups is 1. The van der Waals surface area contributed by atoms with Gasteiger partial charge in [0.2, 0.25) is 11.8 Å². The molecule has 1 aliphatic heterocycles. The second-order valence-corrected chi connectivity index (χ2v) is 6.31. The molecule has 1 atom stereocenters. The van der Waals surface area contributed by atoms with E-state index in [1.54, 1.807) is 6.20 Å². The van der Waals surface area contributed by atoms with Gasteiger partial charge in [-0.3, -0.25) is 9.48 Å². The average molecular weight is 317 g/mol. The minimum absolute atomic E-state index is 0.156. The third-order valence-corrected chi connectivity index (χ3v) is 4.21. The molecule has 0 unspecified atom stereocenters. The summed E-state index contributed by atoms with van der Waals surface area (Å²) < 4.78 is 7.10. The summed E-state index contributed by atoms with van der Waals surface area (Å²) in [5.41, 5.74) is 0. The first kappa shape index (κ1) is 15.7. The highest BCUT2D eigenvalue weighted by Gasteiger charge is 2.29. The lowest BCUT2D eigenvalue weighted by molar-refractivity contribution is -0.132. The van der Waals surface area contributed by atoms with E-state index in [9.17, 15) is 4.79 Å². The molecule has 124 valence electrons. The van der Waals surface area contributed by atoms with Crippen LogP contribution in [0.1, 0.15) is 50.7 Å². The molecule has 3 rings (SSSR count). The maximum absolute atomic E-state index is 12.5. The minimum atomic E-state index is 0.156.